The smallest absolute Gasteiger partial charge is 0.256 e. The maximum atomic E-state index is 12.9. The first kappa shape index (κ1) is 20.0. The monoisotopic (exact) mass is 452 g/mol. The maximum absolute atomic E-state index is 12.9. The van der Waals surface area contributed by atoms with Crippen LogP contribution in [0, 0.1) is 0 Å². The summed E-state index contributed by atoms with van der Waals surface area (Å²) in [5.41, 5.74) is 1.03. The summed E-state index contributed by atoms with van der Waals surface area (Å²) < 4.78 is 33.5. The molecule has 0 aliphatic carbocycles. The molecular formula is C19H21BrN2O4S. The van der Waals surface area contributed by atoms with Crippen molar-refractivity contribution in [2.75, 3.05) is 18.4 Å². The molecule has 2 aromatic carbocycles. The lowest BCUT2D eigenvalue weighted by Crippen LogP contribution is -2.48. The summed E-state index contributed by atoms with van der Waals surface area (Å²) in [4.78, 5) is 12.6. The van der Waals surface area contributed by atoms with Gasteiger partial charge in [-0.05, 0) is 66.2 Å². The molecule has 2 unspecified atom stereocenters. The lowest BCUT2D eigenvalue weighted by atomic mass is 10.2. The third-order valence-electron chi connectivity index (χ3n) is 4.25. The molecule has 27 heavy (non-hydrogen) atoms. The highest BCUT2D eigenvalue weighted by Crippen LogP contribution is 2.23. The van der Waals surface area contributed by atoms with Crippen LogP contribution < -0.4 is 5.32 Å². The highest BCUT2D eigenvalue weighted by molar-refractivity contribution is 9.10. The molecule has 2 atom stereocenters. The molecule has 6 nitrogen and oxygen atoms in total. The van der Waals surface area contributed by atoms with Crippen molar-refractivity contribution in [2.24, 2.45) is 0 Å². The number of benzene rings is 2. The number of carbonyl (C=O) groups is 1. The average molecular weight is 453 g/mol. The molecule has 0 radical (unpaired) electrons. The van der Waals surface area contributed by atoms with E-state index in [1.54, 1.807) is 30.3 Å². The van der Waals surface area contributed by atoms with Crippen molar-refractivity contribution in [3.8, 4) is 0 Å². The zero-order chi connectivity index (χ0) is 19.6. The van der Waals surface area contributed by atoms with Gasteiger partial charge in [0.1, 0.15) is 0 Å². The van der Waals surface area contributed by atoms with Crippen LogP contribution in [0.25, 0.3) is 0 Å². The third kappa shape index (κ3) is 4.57. The number of hydrogen-bond donors (Lipinski definition) is 1. The van der Waals surface area contributed by atoms with Crippen molar-refractivity contribution in [3.05, 3.63) is 58.6 Å². The molecule has 0 bridgehead atoms. The summed E-state index contributed by atoms with van der Waals surface area (Å²) in [5.74, 6) is -0.270. The topological polar surface area (TPSA) is 75.7 Å². The Balaban J connectivity index is 1.75. The van der Waals surface area contributed by atoms with Gasteiger partial charge in [-0.1, -0.05) is 12.1 Å². The van der Waals surface area contributed by atoms with Crippen LogP contribution in [0.1, 0.15) is 24.2 Å². The van der Waals surface area contributed by atoms with Crippen LogP contribution in [-0.2, 0) is 14.8 Å². The lowest BCUT2D eigenvalue weighted by Gasteiger charge is -2.34. The molecule has 1 heterocycles. The molecule has 0 aromatic heterocycles. The minimum atomic E-state index is -3.60. The molecule has 1 aliphatic rings. The van der Waals surface area contributed by atoms with Crippen LogP contribution in [0.4, 0.5) is 5.69 Å². The van der Waals surface area contributed by atoms with E-state index in [0.29, 0.717) is 28.8 Å². The molecule has 8 heteroatoms. The molecule has 1 N–H and O–H groups in total. The van der Waals surface area contributed by atoms with Crippen molar-refractivity contribution in [2.45, 2.75) is 31.0 Å². The zero-order valence-electron chi connectivity index (χ0n) is 15.1. The number of morpholine rings is 1. The Morgan fingerprint density at radius 1 is 1.07 bits per heavy atom. The van der Waals surface area contributed by atoms with E-state index in [9.17, 15) is 13.2 Å². The van der Waals surface area contributed by atoms with E-state index < -0.39 is 10.0 Å². The maximum Gasteiger partial charge on any atom is 0.256 e. The second kappa shape index (κ2) is 8.10. The summed E-state index contributed by atoms with van der Waals surface area (Å²) in [6.45, 7) is 4.37. The van der Waals surface area contributed by atoms with Crippen molar-refractivity contribution >= 4 is 37.5 Å². The highest BCUT2D eigenvalue weighted by atomic mass is 79.9. The van der Waals surface area contributed by atoms with Crippen LogP contribution in [0.5, 0.6) is 0 Å². The second-order valence-electron chi connectivity index (χ2n) is 6.54. The Morgan fingerprint density at radius 2 is 1.67 bits per heavy atom. The molecule has 1 aliphatic heterocycles. The van der Waals surface area contributed by atoms with E-state index >= 15 is 0 Å². The first-order valence-corrected chi connectivity index (χ1v) is 10.8. The summed E-state index contributed by atoms with van der Waals surface area (Å²) in [6, 6.07) is 13.3. The molecule has 2 aromatic rings. The SMILES string of the molecule is CC1CN(S(=O)(=O)c2ccc(NC(=O)c3ccccc3Br)cc2)CC(C)O1. The Morgan fingerprint density at radius 3 is 2.26 bits per heavy atom. The van der Waals surface area contributed by atoms with Gasteiger partial charge in [0.25, 0.3) is 5.91 Å². The van der Waals surface area contributed by atoms with E-state index in [1.165, 1.54) is 16.4 Å². The predicted octanol–water partition coefficient (Wildman–Crippen LogP) is 3.50. The van der Waals surface area contributed by atoms with Gasteiger partial charge in [-0.15, -0.1) is 0 Å². The largest absolute Gasteiger partial charge is 0.373 e. The molecule has 1 fully saturated rings. The Labute approximate surface area is 167 Å². The van der Waals surface area contributed by atoms with Crippen molar-refractivity contribution in [3.63, 3.8) is 0 Å². The Kier molecular flexibility index (Phi) is 6.00. The lowest BCUT2D eigenvalue weighted by molar-refractivity contribution is -0.0440. The van der Waals surface area contributed by atoms with E-state index in [4.69, 9.17) is 4.74 Å². The minimum Gasteiger partial charge on any atom is -0.373 e. The van der Waals surface area contributed by atoms with Crippen molar-refractivity contribution in [1.82, 2.24) is 4.31 Å². The van der Waals surface area contributed by atoms with Crippen LogP contribution in [0.15, 0.2) is 57.9 Å². The standard InChI is InChI=1S/C19H21BrN2O4S/c1-13-11-22(12-14(2)26-13)27(24,25)16-9-7-15(8-10-16)21-19(23)17-5-3-4-6-18(17)20/h3-10,13-14H,11-12H2,1-2H3,(H,21,23). The van der Waals surface area contributed by atoms with Gasteiger partial charge in [0.15, 0.2) is 0 Å². The number of nitrogens with zero attached hydrogens (tertiary/aromatic N) is 1. The van der Waals surface area contributed by atoms with Gasteiger partial charge in [-0.3, -0.25) is 4.79 Å². The summed E-state index contributed by atoms with van der Waals surface area (Å²) >= 11 is 3.35. The third-order valence-corrected chi connectivity index (χ3v) is 6.79. The highest BCUT2D eigenvalue weighted by Gasteiger charge is 2.32. The average Bonchev–Trinajstić information content (AvgIpc) is 2.61. The first-order valence-electron chi connectivity index (χ1n) is 8.59. The van der Waals surface area contributed by atoms with Gasteiger partial charge in [-0.25, -0.2) is 8.42 Å². The molecule has 1 amide bonds. The van der Waals surface area contributed by atoms with Crippen LogP contribution in [-0.4, -0.2) is 43.9 Å². The number of amides is 1. The predicted molar refractivity (Wildman–Crippen MR) is 107 cm³/mol. The van der Waals surface area contributed by atoms with Gasteiger partial charge < -0.3 is 10.1 Å². The summed E-state index contributed by atoms with van der Waals surface area (Å²) in [7, 11) is -3.60. The fraction of sp³-hybridized carbons (Fsp3) is 0.316. The Bertz CT molecular complexity index is 921. The fourth-order valence-electron chi connectivity index (χ4n) is 3.03. The normalized spacial score (nSPS) is 21.0. The number of halogens is 1. The number of nitrogens with one attached hydrogen (secondary N) is 1. The van der Waals surface area contributed by atoms with Crippen molar-refractivity contribution < 1.29 is 17.9 Å². The number of hydrogen-bond acceptors (Lipinski definition) is 4. The zero-order valence-corrected chi connectivity index (χ0v) is 17.5. The van der Waals surface area contributed by atoms with Crippen LogP contribution >= 0.6 is 15.9 Å². The number of sulfonamides is 1. The van der Waals surface area contributed by atoms with E-state index in [0.717, 1.165) is 0 Å². The number of ether oxygens (including phenoxy) is 1. The molecule has 0 spiro atoms. The van der Waals surface area contributed by atoms with Crippen molar-refractivity contribution in [1.29, 1.82) is 0 Å². The van der Waals surface area contributed by atoms with Crippen LogP contribution in [0.3, 0.4) is 0 Å². The van der Waals surface area contributed by atoms with Gasteiger partial charge in [0.2, 0.25) is 10.0 Å². The second-order valence-corrected chi connectivity index (χ2v) is 9.33. The Hall–Kier alpha value is -1.74. The molecule has 3 rings (SSSR count). The fourth-order valence-corrected chi connectivity index (χ4v) is 5.09. The molecule has 0 saturated carbocycles. The van der Waals surface area contributed by atoms with Gasteiger partial charge >= 0.3 is 0 Å². The molecule has 1 saturated heterocycles. The van der Waals surface area contributed by atoms with Gasteiger partial charge in [0.05, 0.1) is 22.7 Å². The number of carbonyl (C=O) groups excluding carboxylic acids is 1. The molecule has 144 valence electrons. The quantitative estimate of drug-likeness (QED) is 0.769. The van der Waals surface area contributed by atoms with E-state index in [1.807, 2.05) is 19.9 Å². The first-order chi connectivity index (χ1) is 12.8. The van der Waals surface area contributed by atoms with Crippen LogP contribution in [0.2, 0.25) is 0 Å². The van der Waals surface area contributed by atoms with E-state index in [2.05, 4.69) is 21.2 Å². The van der Waals surface area contributed by atoms with E-state index in [-0.39, 0.29) is 23.0 Å². The van der Waals surface area contributed by atoms with Gasteiger partial charge in [0, 0.05) is 23.2 Å². The summed E-state index contributed by atoms with van der Waals surface area (Å²) in [6.07, 6.45) is -0.294. The number of rotatable bonds is 4. The number of anilines is 1. The summed E-state index contributed by atoms with van der Waals surface area (Å²) in [5, 5.41) is 2.77. The van der Waals surface area contributed by atoms with Gasteiger partial charge in [-0.2, -0.15) is 4.31 Å². The minimum absolute atomic E-state index is 0.147. The molecular weight excluding hydrogens is 432 g/mol.